The molecular formula is C31H25F2N3O3S2. The fourth-order valence-corrected chi connectivity index (χ4v) is 6.50. The third-order valence-corrected chi connectivity index (χ3v) is 8.86. The number of sulfonamides is 1. The van der Waals surface area contributed by atoms with Crippen LogP contribution in [-0.2, 0) is 16.4 Å². The topological polar surface area (TPSA) is 88.2 Å². The Kier molecular flexibility index (Phi) is 8.23. The summed E-state index contributed by atoms with van der Waals surface area (Å²) in [6.45, 7) is 1.62. The molecule has 0 saturated carbocycles. The molecule has 5 rings (SSSR count). The summed E-state index contributed by atoms with van der Waals surface area (Å²) in [6, 6.07) is 22.8. The van der Waals surface area contributed by atoms with Crippen molar-refractivity contribution in [2.24, 2.45) is 0 Å². The van der Waals surface area contributed by atoms with Crippen molar-refractivity contribution in [2.45, 2.75) is 24.3 Å². The Hall–Kier alpha value is -4.41. The van der Waals surface area contributed by atoms with E-state index in [-0.39, 0.29) is 16.9 Å². The molecule has 0 aliphatic heterocycles. The van der Waals surface area contributed by atoms with Crippen molar-refractivity contribution in [3.63, 3.8) is 0 Å². The van der Waals surface area contributed by atoms with E-state index in [9.17, 15) is 22.0 Å². The van der Waals surface area contributed by atoms with Crippen LogP contribution in [0.25, 0.3) is 21.6 Å². The number of thiophene rings is 1. The predicted octanol–water partition coefficient (Wildman–Crippen LogP) is 7.04. The van der Waals surface area contributed by atoms with Gasteiger partial charge in [0.15, 0.2) is 0 Å². The lowest BCUT2D eigenvalue weighted by Crippen LogP contribution is -2.42. The molecule has 2 aromatic heterocycles. The van der Waals surface area contributed by atoms with Gasteiger partial charge in [-0.2, -0.15) is 0 Å². The average Bonchev–Trinajstić information content (AvgIpc) is 3.47. The zero-order valence-corrected chi connectivity index (χ0v) is 23.5. The molecule has 0 spiro atoms. The molecule has 0 radical (unpaired) electrons. The molecule has 0 aliphatic carbocycles. The third-order valence-electron chi connectivity index (χ3n) is 6.45. The number of hydrogen-bond acceptors (Lipinski definition) is 5. The summed E-state index contributed by atoms with van der Waals surface area (Å²) < 4.78 is 56.1. The van der Waals surface area contributed by atoms with Gasteiger partial charge in [0.25, 0.3) is 10.0 Å². The Morgan fingerprint density at radius 3 is 2.29 bits per heavy atom. The lowest BCUT2D eigenvalue weighted by molar-refractivity contribution is 0.242. The number of rotatable bonds is 8. The van der Waals surface area contributed by atoms with Crippen molar-refractivity contribution in [3.05, 3.63) is 131 Å². The quantitative estimate of drug-likeness (QED) is 0.203. The number of amides is 2. The average molecular weight is 590 g/mol. The van der Waals surface area contributed by atoms with Crippen molar-refractivity contribution in [3.8, 4) is 21.6 Å². The van der Waals surface area contributed by atoms with Crippen LogP contribution in [0, 0.1) is 18.6 Å². The lowest BCUT2D eigenvalue weighted by Gasteiger charge is -2.22. The smallest absolute Gasteiger partial charge is 0.329 e. The summed E-state index contributed by atoms with van der Waals surface area (Å²) in [4.78, 5) is 18.7. The Morgan fingerprint density at radius 1 is 0.902 bits per heavy atom. The molecule has 1 atom stereocenters. The third kappa shape index (κ3) is 6.67. The molecule has 0 saturated heterocycles. The van der Waals surface area contributed by atoms with E-state index in [1.807, 2.05) is 47.8 Å². The van der Waals surface area contributed by atoms with Crippen LogP contribution in [0.4, 0.5) is 13.6 Å². The number of hydrogen-bond donors (Lipinski definition) is 2. The number of halogens is 2. The van der Waals surface area contributed by atoms with Crippen molar-refractivity contribution < 1.29 is 22.0 Å². The van der Waals surface area contributed by atoms with Gasteiger partial charge in [-0.3, -0.25) is 4.98 Å². The second-order valence-corrected chi connectivity index (χ2v) is 12.0. The second-order valence-electron chi connectivity index (χ2n) is 9.37. The maximum absolute atomic E-state index is 14.1. The SMILES string of the molecule is Cc1ccccc1S(=O)(=O)NC(=O)NC(Cc1cc(F)cc(F)c1)c1ncccc1-c1ccc(-c2cccs2)cc1. The first-order chi connectivity index (χ1) is 19.7. The Labute approximate surface area is 240 Å². The normalized spacial score (nSPS) is 12.1. The zero-order valence-electron chi connectivity index (χ0n) is 21.8. The first kappa shape index (κ1) is 28.1. The highest BCUT2D eigenvalue weighted by molar-refractivity contribution is 7.90. The fraction of sp³-hybridized carbons (Fsp3) is 0.0968. The molecule has 2 amide bonds. The van der Waals surface area contributed by atoms with Gasteiger partial charge in [0.05, 0.1) is 16.6 Å². The number of nitrogens with one attached hydrogen (secondary N) is 2. The number of aromatic nitrogens is 1. The molecule has 6 nitrogen and oxygen atoms in total. The van der Waals surface area contributed by atoms with E-state index < -0.39 is 33.7 Å². The molecule has 5 aromatic rings. The highest BCUT2D eigenvalue weighted by Crippen LogP contribution is 2.32. The maximum atomic E-state index is 14.1. The van der Waals surface area contributed by atoms with Crippen LogP contribution in [-0.4, -0.2) is 19.4 Å². The van der Waals surface area contributed by atoms with Crippen LogP contribution >= 0.6 is 11.3 Å². The Morgan fingerprint density at radius 2 is 1.61 bits per heavy atom. The number of aryl methyl sites for hydroxylation is 1. The van der Waals surface area contributed by atoms with Crippen LogP contribution in [0.15, 0.2) is 107 Å². The Bertz CT molecular complexity index is 1770. The van der Waals surface area contributed by atoms with Gasteiger partial charge in [-0.25, -0.2) is 26.7 Å². The summed E-state index contributed by atoms with van der Waals surface area (Å²) in [7, 11) is -4.19. The predicted molar refractivity (Wildman–Crippen MR) is 156 cm³/mol. The van der Waals surface area contributed by atoms with Crippen LogP contribution in [0.3, 0.4) is 0 Å². The molecule has 10 heteroatoms. The summed E-state index contributed by atoms with van der Waals surface area (Å²) in [5.41, 5.74) is 3.66. The number of carbonyl (C=O) groups excluding carboxylic acids is 1. The van der Waals surface area contributed by atoms with E-state index >= 15 is 0 Å². The summed E-state index contributed by atoms with van der Waals surface area (Å²) in [5, 5.41) is 4.67. The molecule has 0 bridgehead atoms. The van der Waals surface area contributed by atoms with Gasteiger partial charge in [-0.05, 0) is 71.3 Å². The lowest BCUT2D eigenvalue weighted by atomic mass is 9.95. The first-order valence-corrected chi connectivity index (χ1v) is 15.0. The molecule has 0 aliphatic rings. The molecule has 0 fully saturated rings. The maximum Gasteiger partial charge on any atom is 0.329 e. The summed E-state index contributed by atoms with van der Waals surface area (Å²) in [6.07, 6.45) is 1.49. The number of urea groups is 1. The number of carbonyl (C=O) groups is 1. The second kappa shape index (κ2) is 12.0. The van der Waals surface area contributed by atoms with E-state index in [1.165, 1.54) is 6.07 Å². The summed E-state index contributed by atoms with van der Waals surface area (Å²) in [5.74, 6) is -1.54. The number of nitrogens with zero attached hydrogens (tertiary/aromatic N) is 1. The van der Waals surface area contributed by atoms with E-state index in [2.05, 4.69) is 15.0 Å². The largest absolute Gasteiger partial charge is 0.329 e. The molecular weight excluding hydrogens is 564 g/mol. The molecule has 2 heterocycles. The van der Waals surface area contributed by atoms with Crippen molar-refractivity contribution in [1.29, 1.82) is 0 Å². The Balaban J connectivity index is 1.49. The molecule has 2 N–H and O–H groups in total. The molecule has 41 heavy (non-hydrogen) atoms. The zero-order chi connectivity index (χ0) is 29.0. The van der Waals surface area contributed by atoms with Crippen LogP contribution < -0.4 is 10.0 Å². The standard InChI is InChI=1S/C31H25F2N3O3S2/c1-20-6-2-3-9-29(20)41(38,39)36-31(37)35-27(18-21-16-24(32)19-25(33)17-21)30-26(7-4-14-34-30)22-10-12-23(13-11-22)28-8-5-15-40-28/h2-17,19,27H,18H2,1H3,(H2,35,36,37). The van der Waals surface area contributed by atoms with Gasteiger partial charge >= 0.3 is 6.03 Å². The van der Waals surface area contributed by atoms with Crippen molar-refractivity contribution >= 4 is 27.4 Å². The monoisotopic (exact) mass is 589 g/mol. The minimum Gasteiger partial charge on any atom is -0.329 e. The van der Waals surface area contributed by atoms with Gasteiger partial charge in [0.1, 0.15) is 11.6 Å². The van der Waals surface area contributed by atoms with E-state index in [0.29, 0.717) is 16.8 Å². The van der Waals surface area contributed by atoms with Crippen LogP contribution in [0.1, 0.15) is 22.9 Å². The molecule has 1 unspecified atom stereocenters. The number of pyridine rings is 1. The van der Waals surface area contributed by atoms with Crippen molar-refractivity contribution in [1.82, 2.24) is 15.0 Å². The first-order valence-electron chi connectivity index (χ1n) is 12.6. The summed E-state index contributed by atoms with van der Waals surface area (Å²) >= 11 is 1.62. The van der Waals surface area contributed by atoms with Gasteiger partial charge in [0.2, 0.25) is 0 Å². The fourth-order valence-electron chi connectivity index (χ4n) is 4.60. The highest BCUT2D eigenvalue weighted by Gasteiger charge is 2.25. The van der Waals surface area contributed by atoms with Gasteiger partial charge in [-0.15, -0.1) is 11.3 Å². The van der Waals surface area contributed by atoms with Crippen LogP contribution in [0.2, 0.25) is 0 Å². The number of benzene rings is 3. The molecule has 208 valence electrons. The van der Waals surface area contributed by atoms with E-state index in [4.69, 9.17) is 0 Å². The van der Waals surface area contributed by atoms with Crippen LogP contribution in [0.5, 0.6) is 0 Å². The highest BCUT2D eigenvalue weighted by atomic mass is 32.2. The minimum atomic E-state index is -4.19. The van der Waals surface area contributed by atoms with Gasteiger partial charge in [0, 0.05) is 22.7 Å². The van der Waals surface area contributed by atoms with Gasteiger partial charge < -0.3 is 5.32 Å². The minimum absolute atomic E-state index is 0.0387. The molecule has 3 aromatic carbocycles. The van der Waals surface area contributed by atoms with Gasteiger partial charge in [-0.1, -0.05) is 54.6 Å². The van der Waals surface area contributed by atoms with E-state index in [1.54, 1.807) is 48.7 Å². The van der Waals surface area contributed by atoms with Crippen molar-refractivity contribution in [2.75, 3.05) is 0 Å². The van der Waals surface area contributed by atoms with E-state index in [0.717, 1.165) is 34.2 Å².